The number of ether oxygens (including phenoxy) is 1. The molecular weight excluding hydrogens is 472 g/mol. The Morgan fingerprint density at radius 2 is 1.89 bits per heavy atom. The molecule has 4 heterocycles. The van der Waals surface area contributed by atoms with E-state index >= 15 is 0 Å². The Labute approximate surface area is 210 Å². The van der Waals surface area contributed by atoms with Crippen LogP contribution in [0, 0.1) is 6.92 Å². The first kappa shape index (κ1) is 22.2. The predicted octanol–water partition coefficient (Wildman–Crippen LogP) is 4.96. The third-order valence-corrected chi connectivity index (χ3v) is 6.83. The zero-order chi connectivity index (χ0) is 25.0. The highest BCUT2D eigenvalue weighted by atomic mass is 32.1. The smallest absolute Gasteiger partial charge is 0.222 e. The summed E-state index contributed by atoms with van der Waals surface area (Å²) in [7, 11) is 0. The monoisotopic (exact) mass is 496 g/mol. The van der Waals surface area contributed by atoms with E-state index < -0.39 is 0 Å². The molecule has 9 nitrogen and oxygen atoms in total. The Morgan fingerprint density at radius 3 is 2.72 bits per heavy atom. The first-order chi connectivity index (χ1) is 17.4. The lowest BCUT2D eigenvalue weighted by atomic mass is 10.1. The normalized spacial score (nSPS) is 11.8. The average molecular weight is 497 g/mol. The van der Waals surface area contributed by atoms with Gasteiger partial charge in [-0.3, -0.25) is 0 Å². The number of fused-ring (bicyclic) bond motifs is 3. The van der Waals surface area contributed by atoms with Crippen molar-refractivity contribution >= 4 is 54.3 Å². The molecule has 0 fully saturated rings. The summed E-state index contributed by atoms with van der Waals surface area (Å²) in [5.74, 6) is 0.991. The lowest BCUT2D eigenvalue weighted by Gasteiger charge is -2.15. The molecule has 4 N–H and O–H groups in total. The van der Waals surface area contributed by atoms with Crippen molar-refractivity contribution in [3.05, 3.63) is 60.0 Å². The number of aromatic nitrogens is 6. The van der Waals surface area contributed by atoms with Crippen LogP contribution < -0.4 is 16.2 Å². The Hall–Kier alpha value is -4.31. The number of nitrogens with two attached hydrogens (primary N) is 2. The van der Waals surface area contributed by atoms with Crippen LogP contribution in [0.1, 0.15) is 25.1 Å². The maximum atomic E-state index is 6.32. The minimum atomic E-state index is -0.00377. The minimum Gasteiger partial charge on any atom is -0.474 e. The molecule has 6 aromatic rings. The van der Waals surface area contributed by atoms with Crippen LogP contribution in [0.4, 0.5) is 10.9 Å². The topological polar surface area (TPSA) is 131 Å². The van der Waals surface area contributed by atoms with Gasteiger partial charge in [0.15, 0.2) is 10.8 Å². The fourth-order valence-electron chi connectivity index (χ4n) is 4.48. The van der Waals surface area contributed by atoms with Crippen molar-refractivity contribution in [2.45, 2.75) is 33.4 Å². The predicted molar refractivity (Wildman–Crippen MR) is 144 cm³/mol. The number of pyridine rings is 1. The number of hydrogen-bond donors (Lipinski definition) is 2. The minimum absolute atomic E-state index is 0.00377. The van der Waals surface area contributed by atoms with Crippen LogP contribution in [0.25, 0.3) is 43.3 Å². The van der Waals surface area contributed by atoms with Crippen molar-refractivity contribution in [3.8, 4) is 17.1 Å². The highest BCUT2D eigenvalue weighted by Gasteiger charge is 2.19. The summed E-state index contributed by atoms with van der Waals surface area (Å²) in [6.07, 6.45) is 1.45. The summed E-state index contributed by atoms with van der Waals surface area (Å²) in [6.45, 7) is 6.45. The fourth-order valence-corrected chi connectivity index (χ4v) is 5.25. The van der Waals surface area contributed by atoms with E-state index in [1.54, 1.807) is 0 Å². The van der Waals surface area contributed by atoms with Gasteiger partial charge in [0.25, 0.3) is 0 Å². The third-order valence-electron chi connectivity index (χ3n) is 5.98. The van der Waals surface area contributed by atoms with Crippen molar-refractivity contribution < 1.29 is 4.74 Å². The molecule has 0 aliphatic rings. The number of benzene rings is 2. The van der Waals surface area contributed by atoms with E-state index in [1.807, 2.05) is 42.8 Å². The van der Waals surface area contributed by atoms with E-state index in [-0.39, 0.29) is 6.10 Å². The van der Waals surface area contributed by atoms with Crippen molar-refractivity contribution in [2.24, 2.45) is 0 Å². The molecule has 0 saturated carbocycles. The third kappa shape index (κ3) is 3.75. The Balaban J connectivity index is 1.50. The van der Waals surface area contributed by atoms with E-state index in [0.717, 1.165) is 37.8 Å². The second kappa shape index (κ2) is 8.42. The summed E-state index contributed by atoms with van der Waals surface area (Å²) in [5, 5.41) is 8.23. The molecule has 0 bridgehead atoms. The van der Waals surface area contributed by atoms with Crippen LogP contribution in [0.5, 0.6) is 5.88 Å². The van der Waals surface area contributed by atoms with Gasteiger partial charge in [0.2, 0.25) is 5.88 Å². The highest BCUT2D eigenvalue weighted by molar-refractivity contribution is 7.22. The standard InChI is InChI=1S/C26H24N8OS/c1-13(2)35-25-20-14(3)5-4-6-15(20)9-17(31-25)11-34-24-21(23(27)29-12-30-24)22(33-34)16-7-8-18-19(10-16)36-26(28)32-18/h4-10,12-13H,11H2,1-3H3,(H2,28,32)(H2,27,29,30). The molecule has 180 valence electrons. The van der Waals surface area contributed by atoms with Crippen molar-refractivity contribution in [2.75, 3.05) is 11.5 Å². The Bertz CT molecular complexity index is 1770. The summed E-state index contributed by atoms with van der Waals surface area (Å²) in [6, 6.07) is 14.2. The van der Waals surface area contributed by atoms with Crippen molar-refractivity contribution in [1.29, 1.82) is 0 Å². The number of anilines is 2. The van der Waals surface area contributed by atoms with E-state index in [9.17, 15) is 0 Å². The SMILES string of the molecule is Cc1cccc2cc(Cn3nc(-c4ccc5nc(N)sc5c4)c4c(N)ncnc43)nc(OC(C)C)c12. The summed E-state index contributed by atoms with van der Waals surface area (Å²) >= 11 is 1.43. The maximum Gasteiger partial charge on any atom is 0.222 e. The zero-order valence-electron chi connectivity index (χ0n) is 20.1. The molecule has 0 atom stereocenters. The van der Waals surface area contributed by atoms with E-state index in [1.165, 1.54) is 17.7 Å². The molecule has 0 spiro atoms. The Kier molecular flexibility index (Phi) is 5.18. The molecule has 0 unspecified atom stereocenters. The number of aryl methyl sites for hydroxylation is 1. The van der Waals surface area contributed by atoms with Gasteiger partial charge in [-0.1, -0.05) is 35.6 Å². The second-order valence-electron chi connectivity index (χ2n) is 8.96. The van der Waals surface area contributed by atoms with Crippen molar-refractivity contribution in [1.82, 2.24) is 29.7 Å². The van der Waals surface area contributed by atoms with Gasteiger partial charge in [0.05, 0.1) is 33.9 Å². The van der Waals surface area contributed by atoms with E-state index in [0.29, 0.717) is 40.1 Å². The summed E-state index contributed by atoms with van der Waals surface area (Å²) in [4.78, 5) is 18.0. The van der Waals surface area contributed by atoms with Crippen molar-refractivity contribution in [3.63, 3.8) is 0 Å². The number of thiazole rings is 1. The molecule has 0 amide bonds. The van der Waals surface area contributed by atoms with Crippen LogP contribution in [0.15, 0.2) is 48.8 Å². The van der Waals surface area contributed by atoms with Crippen LogP contribution >= 0.6 is 11.3 Å². The molecule has 4 aromatic heterocycles. The quantitative estimate of drug-likeness (QED) is 0.342. The van der Waals surface area contributed by atoms with Gasteiger partial charge in [0.1, 0.15) is 17.8 Å². The molecule has 0 radical (unpaired) electrons. The average Bonchev–Trinajstić information content (AvgIpc) is 3.38. The lowest BCUT2D eigenvalue weighted by Crippen LogP contribution is -2.10. The van der Waals surface area contributed by atoms with Gasteiger partial charge in [-0.25, -0.2) is 24.6 Å². The van der Waals surface area contributed by atoms with Gasteiger partial charge in [-0.2, -0.15) is 5.10 Å². The van der Waals surface area contributed by atoms with Gasteiger partial charge >= 0.3 is 0 Å². The molecule has 10 heteroatoms. The fraction of sp³-hybridized carbons (Fsp3) is 0.192. The number of nitrogen functional groups attached to an aromatic ring is 2. The molecule has 0 aliphatic heterocycles. The Morgan fingerprint density at radius 1 is 1.03 bits per heavy atom. The van der Waals surface area contributed by atoms with E-state index in [2.05, 4.69) is 40.1 Å². The lowest BCUT2D eigenvalue weighted by molar-refractivity contribution is 0.235. The molecule has 0 saturated heterocycles. The van der Waals surface area contributed by atoms with E-state index in [4.69, 9.17) is 26.3 Å². The van der Waals surface area contributed by atoms with Crippen LogP contribution in [-0.2, 0) is 6.54 Å². The molecule has 6 rings (SSSR count). The molecule has 2 aromatic carbocycles. The number of nitrogens with zero attached hydrogens (tertiary/aromatic N) is 6. The van der Waals surface area contributed by atoms with Gasteiger partial charge in [-0.15, -0.1) is 0 Å². The van der Waals surface area contributed by atoms with Crippen LogP contribution in [0.3, 0.4) is 0 Å². The van der Waals surface area contributed by atoms with Gasteiger partial charge < -0.3 is 16.2 Å². The highest BCUT2D eigenvalue weighted by Crippen LogP contribution is 2.35. The first-order valence-electron chi connectivity index (χ1n) is 11.6. The van der Waals surface area contributed by atoms with Gasteiger partial charge in [-0.05, 0) is 49.9 Å². The molecule has 0 aliphatic carbocycles. The summed E-state index contributed by atoms with van der Waals surface area (Å²) in [5.41, 5.74) is 17.2. The molecular formula is C26H24N8OS. The van der Waals surface area contributed by atoms with Crippen LogP contribution in [-0.4, -0.2) is 35.8 Å². The second-order valence-corrected chi connectivity index (χ2v) is 10.0. The van der Waals surface area contributed by atoms with Crippen LogP contribution in [0.2, 0.25) is 0 Å². The molecule has 36 heavy (non-hydrogen) atoms. The van der Waals surface area contributed by atoms with Gasteiger partial charge in [0, 0.05) is 10.9 Å². The maximum absolute atomic E-state index is 6.32. The first-order valence-corrected chi connectivity index (χ1v) is 12.4. The number of hydrogen-bond acceptors (Lipinski definition) is 9. The largest absolute Gasteiger partial charge is 0.474 e. The number of rotatable bonds is 5. The summed E-state index contributed by atoms with van der Waals surface area (Å²) < 4.78 is 8.90. The zero-order valence-corrected chi connectivity index (χ0v) is 20.9.